The Balaban J connectivity index is 2.46. The van der Waals surface area contributed by atoms with Gasteiger partial charge in [-0.15, -0.1) is 0 Å². The van der Waals surface area contributed by atoms with Crippen LogP contribution in [-0.2, 0) is 10.0 Å². The van der Waals surface area contributed by atoms with Crippen LogP contribution < -0.4 is 15.3 Å². The minimum absolute atomic E-state index is 0.406. The Morgan fingerprint density at radius 3 is 2.72 bits per heavy atom. The Morgan fingerprint density at radius 2 is 2.17 bits per heavy atom. The van der Waals surface area contributed by atoms with E-state index in [1.165, 1.54) is 10.6 Å². The first kappa shape index (κ1) is 14.8. The van der Waals surface area contributed by atoms with Gasteiger partial charge in [0.25, 0.3) is 0 Å². The molecule has 7 heteroatoms. The van der Waals surface area contributed by atoms with Crippen LogP contribution in [0.25, 0.3) is 0 Å². The van der Waals surface area contributed by atoms with Crippen LogP contribution in [0.4, 0.5) is 0 Å². The Kier molecular flexibility index (Phi) is 4.95. The number of allylic oxidation sites excluding steroid dienone is 2. The summed E-state index contributed by atoms with van der Waals surface area (Å²) >= 11 is 0. The molecule has 1 aliphatic heterocycles. The van der Waals surface area contributed by atoms with E-state index in [1.54, 1.807) is 13.3 Å². The van der Waals surface area contributed by atoms with Gasteiger partial charge in [0.05, 0.1) is 18.5 Å². The highest BCUT2D eigenvalue weighted by Gasteiger charge is 2.17. The van der Waals surface area contributed by atoms with Crippen LogP contribution in [0.2, 0.25) is 0 Å². The summed E-state index contributed by atoms with van der Waals surface area (Å²) in [6.07, 6.45) is 3.91. The molecule has 102 valence electrons. The van der Waals surface area contributed by atoms with Crippen LogP contribution in [0.15, 0.2) is 11.3 Å². The van der Waals surface area contributed by atoms with Crippen LogP contribution in [0, 0.1) is 0 Å². The quantitative estimate of drug-likeness (QED) is 0.646. The van der Waals surface area contributed by atoms with Crippen molar-refractivity contribution in [1.82, 2.24) is 19.6 Å². The number of rotatable bonds is 5. The van der Waals surface area contributed by atoms with Crippen molar-refractivity contribution in [3.8, 4) is 0 Å². The predicted molar refractivity (Wildman–Crippen MR) is 74.8 cm³/mol. The van der Waals surface area contributed by atoms with Gasteiger partial charge in [0.1, 0.15) is 0 Å². The number of hydrogen-bond donors (Lipinski definition) is 2. The highest BCUT2D eigenvalue weighted by atomic mass is 32.2. The number of hydrogen-bond acceptors (Lipinski definition) is 4. The summed E-state index contributed by atoms with van der Waals surface area (Å²) in [5.74, 6) is 0.666. The third-order valence-corrected chi connectivity index (χ3v) is 4.09. The third kappa shape index (κ3) is 4.18. The number of sulfonamides is 1. The van der Waals surface area contributed by atoms with Gasteiger partial charge in [-0.1, -0.05) is 6.92 Å². The normalized spacial score (nSPS) is 15.7. The zero-order chi connectivity index (χ0) is 13.8. The van der Waals surface area contributed by atoms with E-state index in [4.69, 9.17) is 0 Å². The Morgan fingerprint density at radius 1 is 1.50 bits per heavy atom. The minimum atomic E-state index is -3.11. The second-order valence-corrected chi connectivity index (χ2v) is 6.35. The molecule has 1 rings (SSSR count). The molecule has 0 saturated carbocycles. The summed E-state index contributed by atoms with van der Waals surface area (Å²) in [6, 6.07) is 0. The van der Waals surface area contributed by atoms with Gasteiger partial charge in [0, 0.05) is 19.2 Å². The Hall–Kier alpha value is -1.30. The summed E-state index contributed by atoms with van der Waals surface area (Å²) < 4.78 is 27.9. The zero-order valence-corrected chi connectivity index (χ0v) is 12.1. The van der Waals surface area contributed by atoms with Crippen molar-refractivity contribution in [2.45, 2.75) is 20.3 Å². The van der Waals surface area contributed by atoms with E-state index in [0.29, 0.717) is 19.0 Å². The van der Waals surface area contributed by atoms with Crippen molar-refractivity contribution >= 4 is 22.2 Å². The van der Waals surface area contributed by atoms with Crippen LogP contribution >= 0.6 is 0 Å². The lowest BCUT2D eigenvalue weighted by Crippen LogP contribution is -2.44. The minimum Gasteiger partial charge on any atom is -0.262 e. The zero-order valence-electron chi connectivity index (χ0n) is 11.3. The molecule has 0 atom stereocenters. The lowest BCUT2D eigenvalue weighted by molar-refractivity contribution is 0.475. The molecule has 0 aliphatic carbocycles. The molecule has 0 radical (unpaired) electrons. The molecule has 0 spiro atoms. The SMILES string of the molecule is CCC1=C(C)C=[N+]=C(NCCN(C)S(C)(=O)=O)N1. The maximum atomic E-state index is 11.2. The fourth-order valence-corrected chi connectivity index (χ4v) is 1.89. The van der Waals surface area contributed by atoms with Crippen molar-refractivity contribution in [2.75, 3.05) is 26.4 Å². The molecule has 0 amide bonds. The van der Waals surface area contributed by atoms with Gasteiger partial charge in [0.2, 0.25) is 10.0 Å². The van der Waals surface area contributed by atoms with E-state index in [2.05, 4.69) is 22.2 Å². The summed E-state index contributed by atoms with van der Waals surface area (Å²) in [7, 11) is -1.56. The molecule has 0 fully saturated rings. The van der Waals surface area contributed by atoms with Gasteiger partial charge >= 0.3 is 5.96 Å². The summed E-state index contributed by atoms with van der Waals surface area (Å²) in [5, 5.41) is 6.26. The first-order valence-electron chi connectivity index (χ1n) is 5.87. The molecule has 2 N–H and O–H groups in total. The number of likely N-dealkylation sites (N-methyl/N-ethyl adjacent to an activating group) is 1. The maximum Gasteiger partial charge on any atom is 0.443 e. The standard InChI is InChI=1S/C11H20N4O2S/c1-5-10-9(2)8-13-11(14-10)12-6-7-15(3)18(4,16)17/h8H,5-7H2,1-4H3,(H,12,13,14)/p+1. The van der Waals surface area contributed by atoms with Crippen molar-refractivity contribution < 1.29 is 8.42 Å². The lowest BCUT2D eigenvalue weighted by atomic mass is 10.2. The van der Waals surface area contributed by atoms with Gasteiger partial charge in [-0.3, -0.25) is 5.32 Å². The van der Waals surface area contributed by atoms with E-state index in [9.17, 15) is 8.42 Å². The second-order valence-electron chi connectivity index (χ2n) is 4.26. The Bertz CT molecular complexity index is 501. The van der Waals surface area contributed by atoms with Crippen molar-refractivity contribution in [3.63, 3.8) is 0 Å². The second kappa shape index (κ2) is 6.04. The first-order chi connectivity index (χ1) is 8.34. The van der Waals surface area contributed by atoms with Crippen LogP contribution in [-0.4, -0.2) is 51.3 Å². The smallest absolute Gasteiger partial charge is 0.262 e. The molecule has 0 unspecified atom stereocenters. The molecular formula is C11H21N4O2S+. The lowest BCUT2D eigenvalue weighted by Gasteiger charge is -2.13. The van der Waals surface area contributed by atoms with E-state index in [1.807, 2.05) is 6.92 Å². The van der Waals surface area contributed by atoms with Gasteiger partial charge in [-0.25, -0.2) is 22.7 Å². The Labute approximate surface area is 109 Å². The van der Waals surface area contributed by atoms with Crippen LogP contribution in [0.3, 0.4) is 0 Å². The predicted octanol–water partition coefficient (Wildman–Crippen LogP) is -0.751. The highest BCUT2D eigenvalue weighted by Crippen LogP contribution is 2.03. The molecule has 0 bridgehead atoms. The number of guanidine groups is 1. The monoisotopic (exact) mass is 273 g/mol. The van der Waals surface area contributed by atoms with Gasteiger partial charge < -0.3 is 0 Å². The molecule has 1 heterocycles. The van der Waals surface area contributed by atoms with Crippen LogP contribution in [0.1, 0.15) is 20.3 Å². The number of nitrogens with one attached hydrogen (secondary N) is 2. The summed E-state index contributed by atoms with van der Waals surface area (Å²) in [6.45, 7) is 4.99. The van der Waals surface area contributed by atoms with Gasteiger partial charge in [-0.05, 0) is 13.3 Å². The summed E-state index contributed by atoms with van der Waals surface area (Å²) in [4.78, 5) is 0. The van der Waals surface area contributed by atoms with E-state index >= 15 is 0 Å². The van der Waals surface area contributed by atoms with E-state index in [-0.39, 0.29) is 0 Å². The third-order valence-electron chi connectivity index (χ3n) is 2.77. The average Bonchev–Trinajstić information content (AvgIpc) is 2.30. The molecule has 0 saturated heterocycles. The topological polar surface area (TPSA) is 75.5 Å². The highest BCUT2D eigenvalue weighted by molar-refractivity contribution is 7.88. The van der Waals surface area contributed by atoms with Crippen LogP contribution in [0.5, 0.6) is 0 Å². The molecular weight excluding hydrogens is 252 g/mol. The molecule has 0 aromatic rings. The van der Waals surface area contributed by atoms with Crippen molar-refractivity contribution in [1.29, 1.82) is 0 Å². The molecule has 6 nitrogen and oxygen atoms in total. The van der Waals surface area contributed by atoms with E-state index < -0.39 is 10.0 Å². The number of nitrogens with zero attached hydrogens (tertiary/aromatic N) is 2. The van der Waals surface area contributed by atoms with E-state index in [0.717, 1.165) is 17.7 Å². The fraction of sp³-hybridized carbons (Fsp3) is 0.636. The molecule has 1 aliphatic rings. The fourth-order valence-electron chi connectivity index (χ4n) is 1.47. The molecule has 0 aromatic carbocycles. The largest absolute Gasteiger partial charge is 0.443 e. The van der Waals surface area contributed by atoms with Gasteiger partial charge in [-0.2, -0.15) is 0 Å². The summed E-state index contributed by atoms with van der Waals surface area (Å²) in [5.41, 5.74) is 2.25. The van der Waals surface area contributed by atoms with Crippen molar-refractivity contribution in [3.05, 3.63) is 11.3 Å². The maximum absolute atomic E-state index is 11.2. The van der Waals surface area contributed by atoms with Crippen molar-refractivity contribution in [2.24, 2.45) is 0 Å². The molecule has 0 aromatic heterocycles. The average molecular weight is 273 g/mol. The molecule has 18 heavy (non-hydrogen) atoms. The van der Waals surface area contributed by atoms with Gasteiger partial charge in [0.15, 0.2) is 6.21 Å². The first-order valence-corrected chi connectivity index (χ1v) is 7.72.